The SMILES string of the molecule is C.C.C.C.C.C.CC(C)(C)OC(=O)N(Cc1ccc(Cl)cc1Cl)c1cc(-c2ccc(I)cc2)nc2ccnn12.CCN(CC)CCN(C)c1ccc(-c2cc(N(Cc3ccc(Cl)cc3Cl)C(=O)OC(C)(C)C)n3nccc3n2)cc1.CCN(CC)CCNC.CN(C)c1ccccc1-c1ccccc1P(C1CCCCC1)C1CCCCC1. The van der Waals surface area contributed by atoms with Gasteiger partial charge < -0.3 is 34.4 Å². The molecule has 0 saturated heterocycles. The monoisotopic (exact) mass is 1810 g/mol. The predicted octanol–water partition coefficient (Wildman–Crippen LogP) is 26.2. The third-order valence-corrected chi connectivity index (χ3v) is 25.4. The number of ether oxygens (including phenoxy) is 2. The van der Waals surface area contributed by atoms with Crippen LogP contribution in [0.1, 0.15) is 189 Å². The van der Waals surface area contributed by atoms with Gasteiger partial charge in [0.15, 0.2) is 11.3 Å². The molecule has 4 aromatic heterocycles. The van der Waals surface area contributed by atoms with E-state index < -0.39 is 23.4 Å². The number of fused-ring (bicyclic) bond motifs is 2. The number of amides is 2. The zero-order valence-corrected chi connectivity index (χ0v) is 73.4. The van der Waals surface area contributed by atoms with Gasteiger partial charge >= 0.3 is 12.2 Å². The van der Waals surface area contributed by atoms with Crippen LogP contribution in [0.25, 0.3) is 44.9 Å². The number of para-hydroxylation sites is 1. The van der Waals surface area contributed by atoms with Gasteiger partial charge in [0.25, 0.3) is 0 Å². The van der Waals surface area contributed by atoms with Crippen LogP contribution in [-0.2, 0) is 22.6 Å². The molecule has 23 heteroatoms. The van der Waals surface area contributed by atoms with Crippen molar-refractivity contribution in [1.29, 1.82) is 0 Å². The Morgan fingerprint density at radius 2 is 0.923 bits per heavy atom. The number of rotatable bonds is 24. The lowest BCUT2D eigenvalue weighted by atomic mass is 9.99. The Morgan fingerprint density at radius 3 is 1.33 bits per heavy atom. The average molecular weight is 1810 g/mol. The summed E-state index contributed by atoms with van der Waals surface area (Å²) in [5.41, 5.74) is 11.8. The van der Waals surface area contributed by atoms with E-state index in [2.05, 4.69) is 179 Å². The van der Waals surface area contributed by atoms with Crippen LogP contribution in [0.5, 0.6) is 0 Å². The number of anilines is 4. The normalized spacial score (nSPS) is 12.8. The first-order valence-corrected chi connectivity index (χ1v) is 43.2. The lowest BCUT2D eigenvalue weighted by molar-refractivity contribution is 0.0565. The minimum absolute atomic E-state index is 0. The van der Waals surface area contributed by atoms with E-state index in [0.29, 0.717) is 54.4 Å². The maximum absolute atomic E-state index is 13.6. The van der Waals surface area contributed by atoms with Gasteiger partial charge in [0.1, 0.15) is 22.8 Å². The van der Waals surface area contributed by atoms with Gasteiger partial charge in [-0.25, -0.2) is 19.6 Å². The molecule has 17 nitrogen and oxygen atoms in total. The number of nitrogens with one attached hydrogen (secondary N) is 1. The fourth-order valence-corrected chi connectivity index (χ4v) is 19.2. The van der Waals surface area contributed by atoms with Crippen LogP contribution >= 0.6 is 76.9 Å². The van der Waals surface area contributed by atoms with Crippen LogP contribution in [0.4, 0.5) is 32.6 Å². The predicted molar refractivity (Wildman–Crippen MR) is 517 cm³/mol. The highest BCUT2D eigenvalue weighted by molar-refractivity contribution is 14.1. The highest BCUT2D eigenvalue weighted by atomic mass is 127. The summed E-state index contributed by atoms with van der Waals surface area (Å²) in [7, 11) is 8.35. The van der Waals surface area contributed by atoms with Crippen molar-refractivity contribution >= 4 is 129 Å². The molecule has 12 rings (SSSR count). The van der Waals surface area contributed by atoms with E-state index in [9.17, 15) is 9.59 Å². The Labute approximate surface area is 738 Å². The molecule has 0 aliphatic heterocycles. The Hall–Kier alpha value is -7.10. The van der Waals surface area contributed by atoms with Gasteiger partial charge in [-0.05, 0) is 211 Å². The van der Waals surface area contributed by atoms with Gasteiger partial charge in [-0.15, -0.1) is 0 Å². The molecule has 4 heterocycles. The van der Waals surface area contributed by atoms with Gasteiger partial charge in [0.2, 0.25) is 0 Å². The van der Waals surface area contributed by atoms with Crippen LogP contribution in [0.2, 0.25) is 20.1 Å². The quantitative estimate of drug-likeness (QED) is 0.0453. The molecule has 10 aromatic rings. The standard InChI is InChI=1S/C31H38Cl2N6O2.C26H36NP.C24H21Cl2IN4O2.C7H18N2.6CH4/c1-7-37(8-2)18-17-36(6)25-13-10-22(11-14-25)27-20-29(39-28(35-27)15-16-34-39)38(30(40)41-31(3,4)5)21-23-9-12-24(32)19-26(23)33;1-27(2)25-19-11-9-17-23(25)24-18-10-12-20-26(24)28(21-13-5-3-6-14-21)22-15-7-4-8-16-22;1-24(2,3)33-23(32)30(14-16-4-7-17(25)12-19(16)26)22-13-20(15-5-8-18(27)9-6-15)29-21-10-11-28-31(21)22;1-4-9(5-2)7-6-8-3;;;;;;/h9-16,19-20H,7-8,17-18,21H2,1-6H3;9-12,17-22H,3-8,13-16H2,1-2H3;4-13H,14H2,1-3H3;8H,4-7H2,1-3H3;6*1H4. The zero-order chi connectivity index (χ0) is 79.9. The molecule has 1 N–H and O–H groups in total. The van der Waals surface area contributed by atoms with Gasteiger partial charge in [0.05, 0.1) is 36.9 Å². The van der Waals surface area contributed by atoms with Crippen molar-refractivity contribution in [1.82, 2.24) is 44.3 Å². The van der Waals surface area contributed by atoms with E-state index in [1.165, 1.54) is 97.4 Å². The smallest absolute Gasteiger partial charge is 0.416 e. The Bertz CT molecular complexity index is 4570. The van der Waals surface area contributed by atoms with Crippen molar-refractivity contribution in [2.75, 3.05) is 100 Å². The number of hydrogen-bond donors (Lipinski definition) is 1. The molecule has 2 aliphatic carbocycles. The van der Waals surface area contributed by atoms with Gasteiger partial charge in [0, 0.05) is 123 Å². The van der Waals surface area contributed by atoms with E-state index in [-0.39, 0.29) is 65.6 Å². The maximum atomic E-state index is 13.6. The topological polar surface area (TPSA) is 144 Å². The summed E-state index contributed by atoms with van der Waals surface area (Å²) < 4.78 is 15.9. The number of halogens is 5. The molecule has 2 aliphatic rings. The summed E-state index contributed by atoms with van der Waals surface area (Å²) >= 11 is 27.4. The molecule has 0 unspecified atom stereocenters. The number of carbonyl (C=O) groups is 2. The molecule has 117 heavy (non-hydrogen) atoms. The first kappa shape index (κ1) is 104. The maximum Gasteiger partial charge on any atom is 0.416 e. The van der Waals surface area contributed by atoms with Crippen LogP contribution in [0, 0.1) is 3.57 Å². The van der Waals surface area contributed by atoms with Crippen LogP contribution in [0.15, 0.2) is 170 Å². The van der Waals surface area contributed by atoms with E-state index in [1.54, 1.807) is 69.2 Å². The van der Waals surface area contributed by atoms with Crippen molar-refractivity contribution in [2.24, 2.45) is 0 Å². The molecule has 2 amide bonds. The first-order chi connectivity index (χ1) is 53.2. The molecular weight excluding hydrogens is 1670 g/mol. The molecule has 0 radical (unpaired) electrons. The minimum Gasteiger partial charge on any atom is -0.443 e. The van der Waals surface area contributed by atoms with Gasteiger partial charge in [-0.3, -0.25) is 9.80 Å². The van der Waals surface area contributed by atoms with Crippen LogP contribution in [-0.4, -0.2) is 154 Å². The largest absolute Gasteiger partial charge is 0.443 e. The van der Waals surface area contributed by atoms with Crippen molar-refractivity contribution in [2.45, 2.75) is 214 Å². The number of carbonyl (C=O) groups excluding carboxylic acids is 2. The fourth-order valence-electron chi connectivity index (χ4n) is 13.9. The van der Waals surface area contributed by atoms with Crippen molar-refractivity contribution in [3.05, 3.63) is 205 Å². The van der Waals surface area contributed by atoms with Crippen molar-refractivity contribution in [3.63, 3.8) is 0 Å². The van der Waals surface area contributed by atoms with E-state index in [4.69, 9.17) is 65.8 Å². The third kappa shape index (κ3) is 29.9. The second-order valence-corrected chi connectivity index (χ2v) is 36.0. The zero-order valence-electron chi connectivity index (χ0n) is 67.3. The summed E-state index contributed by atoms with van der Waals surface area (Å²) in [5, 5.41) is 15.6. The van der Waals surface area contributed by atoms with E-state index >= 15 is 0 Å². The molecule has 6 aromatic carbocycles. The molecular formula is C94H137Cl4IN13O4P. The lowest BCUT2D eigenvalue weighted by Crippen LogP contribution is -2.37. The van der Waals surface area contributed by atoms with Crippen molar-refractivity contribution < 1.29 is 19.1 Å². The number of aromatic nitrogens is 6. The molecule has 2 fully saturated rings. The summed E-state index contributed by atoms with van der Waals surface area (Å²) in [6.45, 7) is 28.7. The number of likely N-dealkylation sites (N-methyl/N-ethyl adjacent to an activating group) is 4. The van der Waals surface area contributed by atoms with Crippen LogP contribution in [0.3, 0.4) is 0 Å². The Balaban J connectivity index is 0.000000425. The molecule has 0 atom stereocenters. The summed E-state index contributed by atoms with van der Waals surface area (Å²) in [6.07, 6.45) is 16.8. The molecule has 642 valence electrons. The number of hydrogen-bond acceptors (Lipinski definition) is 13. The summed E-state index contributed by atoms with van der Waals surface area (Å²) in [6, 6.07) is 52.4. The van der Waals surface area contributed by atoms with Crippen molar-refractivity contribution in [3.8, 4) is 33.6 Å². The number of benzene rings is 6. The highest BCUT2D eigenvalue weighted by Crippen LogP contribution is 2.56. The Morgan fingerprint density at radius 1 is 0.513 bits per heavy atom. The lowest BCUT2D eigenvalue weighted by Gasteiger charge is -2.39. The number of nitrogens with zero attached hydrogens (tertiary/aromatic N) is 12. The molecule has 0 bridgehead atoms. The molecule has 0 spiro atoms. The van der Waals surface area contributed by atoms with E-state index in [0.717, 1.165) is 88.6 Å². The highest BCUT2D eigenvalue weighted by Gasteiger charge is 2.35. The fraction of sp³-hybridized carbons (Fsp3) is 0.468. The Kier molecular flexibility index (Phi) is 44.7. The first-order valence-electron chi connectivity index (χ1n) is 39.1. The van der Waals surface area contributed by atoms with E-state index in [1.807, 2.05) is 91.1 Å². The minimum atomic E-state index is -0.703. The summed E-state index contributed by atoms with van der Waals surface area (Å²) in [5.74, 6) is 1.02. The van der Waals surface area contributed by atoms with Gasteiger partial charge in [-0.2, -0.15) is 19.2 Å². The average Bonchev–Trinajstić information content (AvgIpc) is 1.78. The van der Waals surface area contributed by atoms with Gasteiger partial charge in [-0.1, -0.05) is 244 Å². The summed E-state index contributed by atoms with van der Waals surface area (Å²) in [4.78, 5) is 48.9. The second kappa shape index (κ2) is 50.2. The third-order valence-electron chi connectivity index (χ3n) is 19.9. The van der Waals surface area contributed by atoms with Crippen LogP contribution < -0.4 is 30.2 Å². The second-order valence-electron chi connectivity index (χ2n) is 30.4. The molecule has 2 saturated carbocycles.